The van der Waals surface area contributed by atoms with Crippen molar-refractivity contribution >= 4 is 23.2 Å². The lowest BCUT2D eigenvalue weighted by atomic mass is 9.93. The first-order valence-corrected chi connectivity index (χ1v) is 6.82. The SMILES string of the molecule is C[C@@]1(c2ccccc2)[C@H](c2ccccc2)C1(Cl)Cl. The molecule has 0 aliphatic heterocycles. The summed E-state index contributed by atoms with van der Waals surface area (Å²) in [7, 11) is 0. The standard InChI is InChI=1S/C16H14Cl2/c1-15(13-10-6-3-7-11-13)14(16(15,17)18)12-8-4-2-5-9-12/h2-11,14H,1H3/t14-,15+/m0/s1. The lowest BCUT2D eigenvalue weighted by Crippen LogP contribution is -2.09. The van der Waals surface area contributed by atoms with Crippen molar-refractivity contribution in [3.63, 3.8) is 0 Å². The normalized spacial score (nSPS) is 28.9. The van der Waals surface area contributed by atoms with E-state index in [4.69, 9.17) is 23.2 Å². The first-order chi connectivity index (χ1) is 8.58. The smallest absolute Gasteiger partial charge is 0.0999 e. The Hall–Kier alpha value is -0.980. The highest BCUT2D eigenvalue weighted by atomic mass is 35.5. The Morgan fingerprint density at radius 3 is 1.89 bits per heavy atom. The van der Waals surface area contributed by atoms with Crippen LogP contribution >= 0.6 is 23.2 Å². The van der Waals surface area contributed by atoms with Gasteiger partial charge >= 0.3 is 0 Å². The van der Waals surface area contributed by atoms with Crippen molar-refractivity contribution < 1.29 is 0 Å². The maximum Gasteiger partial charge on any atom is 0.136 e. The Morgan fingerprint density at radius 2 is 1.33 bits per heavy atom. The Morgan fingerprint density at radius 1 is 0.833 bits per heavy atom. The van der Waals surface area contributed by atoms with Gasteiger partial charge in [0, 0.05) is 11.3 Å². The lowest BCUT2D eigenvalue weighted by molar-refractivity contribution is 0.742. The minimum absolute atomic E-state index is 0.150. The second-order valence-electron chi connectivity index (χ2n) is 5.04. The van der Waals surface area contributed by atoms with Gasteiger partial charge in [0.25, 0.3) is 0 Å². The highest BCUT2D eigenvalue weighted by Crippen LogP contribution is 2.74. The Bertz CT molecular complexity index is 548. The van der Waals surface area contributed by atoms with Gasteiger partial charge in [-0.05, 0) is 11.1 Å². The molecule has 1 aliphatic rings. The van der Waals surface area contributed by atoms with E-state index in [1.165, 1.54) is 11.1 Å². The molecule has 92 valence electrons. The van der Waals surface area contributed by atoms with Crippen LogP contribution in [0, 0.1) is 0 Å². The number of alkyl halides is 2. The van der Waals surface area contributed by atoms with E-state index in [1.807, 2.05) is 36.4 Å². The molecule has 2 heteroatoms. The quantitative estimate of drug-likeness (QED) is 0.684. The molecule has 0 N–H and O–H groups in total. The third-order valence-corrected chi connectivity index (χ3v) is 5.28. The molecule has 1 aliphatic carbocycles. The molecule has 2 aromatic rings. The van der Waals surface area contributed by atoms with Crippen molar-refractivity contribution in [1.82, 2.24) is 0 Å². The average Bonchev–Trinajstić information content (AvgIpc) is 2.87. The molecule has 1 fully saturated rings. The van der Waals surface area contributed by atoms with E-state index in [9.17, 15) is 0 Å². The van der Waals surface area contributed by atoms with E-state index in [-0.39, 0.29) is 11.3 Å². The average molecular weight is 277 g/mol. The molecule has 18 heavy (non-hydrogen) atoms. The van der Waals surface area contributed by atoms with Crippen LogP contribution in [0.1, 0.15) is 24.0 Å². The number of benzene rings is 2. The summed E-state index contributed by atoms with van der Waals surface area (Å²) in [5.41, 5.74) is 2.19. The third kappa shape index (κ3) is 1.52. The first kappa shape index (κ1) is 12.1. The van der Waals surface area contributed by atoms with Gasteiger partial charge in [-0.2, -0.15) is 0 Å². The molecule has 0 unspecified atom stereocenters. The van der Waals surface area contributed by atoms with Crippen molar-refractivity contribution in [2.45, 2.75) is 22.6 Å². The van der Waals surface area contributed by atoms with Crippen LogP contribution in [0.5, 0.6) is 0 Å². The monoisotopic (exact) mass is 276 g/mol. The summed E-state index contributed by atoms with van der Waals surface area (Å²) in [5.74, 6) is 0.150. The van der Waals surface area contributed by atoms with Crippen molar-refractivity contribution in [2.24, 2.45) is 0 Å². The molecule has 2 atom stereocenters. The van der Waals surface area contributed by atoms with Crippen LogP contribution in [0.25, 0.3) is 0 Å². The van der Waals surface area contributed by atoms with Gasteiger partial charge in [-0.15, -0.1) is 0 Å². The number of hydrogen-bond acceptors (Lipinski definition) is 0. The summed E-state index contributed by atoms with van der Waals surface area (Å²) in [6.45, 7) is 2.14. The van der Waals surface area contributed by atoms with Crippen LogP contribution in [0.4, 0.5) is 0 Å². The van der Waals surface area contributed by atoms with Crippen molar-refractivity contribution in [3.05, 3.63) is 71.8 Å². The van der Waals surface area contributed by atoms with E-state index in [1.54, 1.807) is 0 Å². The summed E-state index contributed by atoms with van der Waals surface area (Å²) < 4.78 is -0.726. The Balaban J connectivity index is 2.05. The van der Waals surface area contributed by atoms with Gasteiger partial charge in [0.05, 0.1) is 0 Å². The highest BCUT2D eigenvalue weighted by molar-refractivity contribution is 6.53. The summed E-state index contributed by atoms with van der Waals surface area (Å²) in [6.07, 6.45) is 0. The van der Waals surface area contributed by atoms with E-state index in [2.05, 4.69) is 31.2 Å². The molecule has 3 rings (SSSR count). The molecule has 0 radical (unpaired) electrons. The van der Waals surface area contributed by atoms with Gasteiger partial charge in [-0.1, -0.05) is 90.8 Å². The second-order valence-corrected chi connectivity index (χ2v) is 6.42. The van der Waals surface area contributed by atoms with Crippen LogP contribution in [0.15, 0.2) is 60.7 Å². The molecule has 0 heterocycles. The zero-order chi connectivity index (χ0) is 12.8. The maximum atomic E-state index is 6.55. The zero-order valence-electron chi connectivity index (χ0n) is 10.1. The van der Waals surface area contributed by atoms with Gasteiger partial charge in [-0.3, -0.25) is 0 Å². The fraction of sp³-hybridized carbons (Fsp3) is 0.250. The minimum atomic E-state index is -0.726. The summed E-state index contributed by atoms with van der Waals surface area (Å²) in [5, 5.41) is 0. The molecule has 1 saturated carbocycles. The molecule has 0 saturated heterocycles. The first-order valence-electron chi connectivity index (χ1n) is 6.07. The zero-order valence-corrected chi connectivity index (χ0v) is 11.6. The van der Waals surface area contributed by atoms with Gasteiger partial charge in [0.2, 0.25) is 0 Å². The topological polar surface area (TPSA) is 0 Å². The van der Waals surface area contributed by atoms with Crippen molar-refractivity contribution in [1.29, 1.82) is 0 Å². The van der Waals surface area contributed by atoms with E-state index in [0.717, 1.165) is 0 Å². The predicted octanol–water partition coefficient (Wildman–Crippen LogP) is 4.92. The van der Waals surface area contributed by atoms with Crippen LogP contribution in [0.3, 0.4) is 0 Å². The second kappa shape index (κ2) is 4.01. The van der Waals surface area contributed by atoms with E-state index in [0.29, 0.717) is 0 Å². The van der Waals surface area contributed by atoms with Crippen LogP contribution in [-0.2, 0) is 5.41 Å². The third-order valence-electron chi connectivity index (χ3n) is 4.06. The summed E-state index contributed by atoms with van der Waals surface area (Å²) >= 11 is 13.1. The molecule has 0 spiro atoms. The van der Waals surface area contributed by atoms with Crippen molar-refractivity contribution in [3.8, 4) is 0 Å². The molecule has 0 bridgehead atoms. The van der Waals surface area contributed by atoms with E-state index < -0.39 is 4.33 Å². The molecule has 0 nitrogen and oxygen atoms in total. The number of halogens is 2. The largest absolute Gasteiger partial charge is 0.136 e. The van der Waals surface area contributed by atoms with Gasteiger partial charge in [-0.25, -0.2) is 0 Å². The maximum absolute atomic E-state index is 6.55. The van der Waals surface area contributed by atoms with Crippen LogP contribution in [0.2, 0.25) is 0 Å². The van der Waals surface area contributed by atoms with Gasteiger partial charge in [0.1, 0.15) is 4.33 Å². The predicted molar refractivity (Wildman–Crippen MR) is 77.4 cm³/mol. The fourth-order valence-electron chi connectivity index (χ4n) is 2.86. The molecule has 2 aromatic carbocycles. The fourth-order valence-corrected chi connectivity index (χ4v) is 3.88. The molecule has 0 aromatic heterocycles. The van der Waals surface area contributed by atoms with Gasteiger partial charge < -0.3 is 0 Å². The molecular weight excluding hydrogens is 263 g/mol. The minimum Gasteiger partial charge on any atom is -0.0999 e. The molecule has 0 amide bonds. The summed E-state index contributed by atoms with van der Waals surface area (Å²) in [6, 6.07) is 20.5. The number of rotatable bonds is 2. The molecular formula is C16H14Cl2. The van der Waals surface area contributed by atoms with E-state index >= 15 is 0 Å². The lowest BCUT2D eigenvalue weighted by Gasteiger charge is -2.12. The Kier molecular flexibility index (Phi) is 2.69. The van der Waals surface area contributed by atoms with Crippen LogP contribution in [-0.4, -0.2) is 4.33 Å². The summed E-state index contributed by atoms with van der Waals surface area (Å²) in [4.78, 5) is 0. The van der Waals surface area contributed by atoms with Crippen molar-refractivity contribution in [2.75, 3.05) is 0 Å². The Labute approximate surface area is 118 Å². The highest BCUT2D eigenvalue weighted by Gasteiger charge is 2.74. The van der Waals surface area contributed by atoms with Gasteiger partial charge in [0.15, 0.2) is 0 Å². The number of hydrogen-bond donors (Lipinski definition) is 0. The van der Waals surface area contributed by atoms with Crippen LogP contribution < -0.4 is 0 Å².